The van der Waals surface area contributed by atoms with Gasteiger partial charge in [-0.1, -0.05) is 24.3 Å². The third-order valence-corrected chi connectivity index (χ3v) is 7.34. The number of amides is 2. The predicted molar refractivity (Wildman–Crippen MR) is 122 cm³/mol. The number of carbonyl (C=O) groups is 2. The van der Waals surface area contributed by atoms with Crippen molar-refractivity contribution in [1.82, 2.24) is 0 Å². The van der Waals surface area contributed by atoms with Gasteiger partial charge in [-0.05, 0) is 53.8 Å². The highest BCUT2D eigenvalue weighted by molar-refractivity contribution is 7.53. The van der Waals surface area contributed by atoms with Gasteiger partial charge in [0.05, 0.1) is 17.0 Å². The lowest BCUT2D eigenvalue weighted by Crippen LogP contribution is -2.18. The fourth-order valence-electron chi connectivity index (χ4n) is 2.82. The number of hydrogen-bond acceptors (Lipinski definition) is 6. The van der Waals surface area contributed by atoms with E-state index in [4.69, 9.17) is 16.0 Å². The van der Waals surface area contributed by atoms with E-state index in [1.54, 1.807) is 29.5 Å². The van der Waals surface area contributed by atoms with E-state index in [0.717, 1.165) is 10.4 Å². The fraction of sp³-hybridized carbons (Fsp3) is 0.143. The minimum atomic E-state index is -4.11. The molecule has 31 heavy (non-hydrogen) atoms. The van der Waals surface area contributed by atoms with Crippen LogP contribution in [-0.2, 0) is 13.9 Å². The maximum absolute atomic E-state index is 12.7. The van der Waals surface area contributed by atoms with Gasteiger partial charge in [0.15, 0.2) is 0 Å². The van der Waals surface area contributed by atoms with Gasteiger partial charge in [0.1, 0.15) is 6.61 Å². The number of carbonyl (C=O) groups excluding carboxylic acids is 2. The molecule has 2 unspecified atom stereocenters. The van der Waals surface area contributed by atoms with E-state index in [1.807, 2.05) is 29.6 Å². The summed E-state index contributed by atoms with van der Waals surface area (Å²) in [4.78, 5) is 34.6. The Morgan fingerprint density at radius 3 is 2.52 bits per heavy atom. The molecule has 2 aromatic carbocycles. The Bertz CT molecular complexity index is 1130. The Hall–Kier alpha value is -2.97. The summed E-state index contributed by atoms with van der Waals surface area (Å²) >= 11 is 1.58. The highest BCUT2D eigenvalue weighted by atomic mass is 32.1. The van der Waals surface area contributed by atoms with Gasteiger partial charge in [0, 0.05) is 10.4 Å². The van der Waals surface area contributed by atoms with Crippen molar-refractivity contribution in [3.63, 3.8) is 0 Å². The van der Waals surface area contributed by atoms with Gasteiger partial charge in [0.25, 0.3) is 5.91 Å². The Labute approximate surface area is 183 Å². The fourth-order valence-corrected chi connectivity index (χ4v) is 4.63. The summed E-state index contributed by atoms with van der Waals surface area (Å²) in [5.41, 5.74) is 12.8. The number of primary amides is 1. The smallest absolute Gasteiger partial charge is 0.335 e. The van der Waals surface area contributed by atoms with Crippen LogP contribution in [0.3, 0.4) is 0 Å². The summed E-state index contributed by atoms with van der Waals surface area (Å²) in [6, 6.07) is 15.6. The van der Waals surface area contributed by atoms with Crippen molar-refractivity contribution in [3.05, 3.63) is 71.1 Å². The van der Waals surface area contributed by atoms with E-state index in [2.05, 4.69) is 5.32 Å². The zero-order valence-corrected chi connectivity index (χ0v) is 18.4. The largest absolute Gasteiger partial charge is 0.397 e. The van der Waals surface area contributed by atoms with E-state index in [0.29, 0.717) is 22.5 Å². The first-order valence-corrected chi connectivity index (χ1v) is 11.8. The second kappa shape index (κ2) is 9.45. The van der Waals surface area contributed by atoms with Crippen LogP contribution in [-0.4, -0.2) is 23.3 Å². The standard InChI is InChI=1S/C21H22N3O5PS/c1-13(30(27,28)29-12-20(23)25)14-4-6-15(7-5-14)21(26)24-18-11-16(8-9-17(18)22)19-3-2-10-31-19/h2-11,13H,12,22H2,1H3,(H2,23,25)(H,24,26)(H,27,28). The minimum absolute atomic E-state index is 0.350. The van der Waals surface area contributed by atoms with Gasteiger partial charge >= 0.3 is 7.60 Å². The molecule has 0 aliphatic carbocycles. The number of hydrogen-bond donors (Lipinski definition) is 4. The third-order valence-electron chi connectivity index (χ3n) is 4.64. The van der Waals surface area contributed by atoms with Crippen molar-refractivity contribution in [2.45, 2.75) is 12.6 Å². The lowest BCUT2D eigenvalue weighted by molar-refractivity contribution is -0.120. The van der Waals surface area contributed by atoms with E-state index in [1.165, 1.54) is 19.1 Å². The van der Waals surface area contributed by atoms with Crippen molar-refractivity contribution in [2.24, 2.45) is 5.73 Å². The first-order chi connectivity index (χ1) is 14.7. The van der Waals surface area contributed by atoms with E-state index in [-0.39, 0.29) is 5.91 Å². The molecule has 8 nitrogen and oxygen atoms in total. The van der Waals surface area contributed by atoms with Crippen molar-refractivity contribution >= 4 is 42.1 Å². The van der Waals surface area contributed by atoms with Crippen LogP contribution in [0.15, 0.2) is 60.0 Å². The van der Waals surface area contributed by atoms with Crippen LogP contribution in [0.2, 0.25) is 0 Å². The quantitative estimate of drug-likeness (QED) is 0.296. The lowest BCUT2D eigenvalue weighted by atomic mass is 10.1. The second-order valence-electron chi connectivity index (χ2n) is 6.84. The van der Waals surface area contributed by atoms with E-state index >= 15 is 0 Å². The summed E-state index contributed by atoms with van der Waals surface area (Å²) < 4.78 is 17.0. The third kappa shape index (κ3) is 5.59. The number of nitrogens with two attached hydrogens (primary N) is 2. The minimum Gasteiger partial charge on any atom is -0.397 e. The SMILES string of the molecule is CC(c1ccc(C(=O)Nc2cc(-c3cccs3)ccc2N)cc1)P(=O)(O)OCC(N)=O. The molecular weight excluding hydrogens is 437 g/mol. The Balaban J connectivity index is 1.73. The first-order valence-electron chi connectivity index (χ1n) is 9.27. The van der Waals surface area contributed by atoms with E-state index < -0.39 is 25.8 Å². The average Bonchev–Trinajstić information content (AvgIpc) is 3.28. The topological polar surface area (TPSA) is 145 Å². The van der Waals surface area contributed by atoms with Crippen molar-refractivity contribution in [2.75, 3.05) is 17.7 Å². The molecule has 0 saturated carbocycles. The molecular formula is C21H22N3O5PS. The number of anilines is 2. The zero-order valence-electron chi connectivity index (χ0n) is 16.6. The molecule has 0 aliphatic heterocycles. The number of nitrogens with one attached hydrogen (secondary N) is 1. The number of rotatable bonds is 8. The molecule has 2 amide bonds. The Kier molecular flexibility index (Phi) is 6.92. The summed E-state index contributed by atoms with van der Waals surface area (Å²) in [5.74, 6) is -1.21. The monoisotopic (exact) mass is 459 g/mol. The van der Waals surface area contributed by atoms with Crippen LogP contribution in [0.5, 0.6) is 0 Å². The zero-order chi connectivity index (χ0) is 22.6. The van der Waals surface area contributed by atoms with Crippen molar-refractivity contribution in [1.29, 1.82) is 0 Å². The highest BCUT2D eigenvalue weighted by Crippen LogP contribution is 2.56. The second-order valence-corrected chi connectivity index (χ2v) is 9.94. The normalized spacial score (nSPS) is 13.9. The first kappa shape index (κ1) is 22.7. The van der Waals surface area contributed by atoms with E-state index in [9.17, 15) is 19.0 Å². The molecule has 10 heteroatoms. The predicted octanol–water partition coefficient (Wildman–Crippen LogP) is 4.00. The van der Waals surface area contributed by atoms with Crippen molar-refractivity contribution in [3.8, 4) is 10.4 Å². The Morgan fingerprint density at radius 2 is 1.90 bits per heavy atom. The summed E-state index contributed by atoms with van der Waals surface area (Å²) in [6.07, 6.45) is 0. The van der Waals surface area contributed by atoms with Crippen LogP contribution >= 0.6 is 18.9 Å². The lowest BCUT2D eigenvalue weighted by Gasteiger charge is -2.19. The molecule has 0 radical (unpaired) electrons. The molecule has 0 saturated heterocycles. The average molecular weight is 459 g/mol. The number of nitrogen functional groups attached to an aromatic ring is 1. The van der Waals surface area contributed by atoms with Crippen molar-refractivity contribution < 1.29 is 23.6 Å². The van der Waals surface area contributed by atoms with Crippen LogP contribution in [0.4, 0.5) is 11.4 Å². The molecule has 0 bridgehead atoms. The van der Waals surface area contributed by atoms with Gasteiger partial charge in [-0.25, -0.2) is 0 Å². The molecule has 6 N–H and O–H groups in total. The van der Waals surface area contributed by atoms with Gasteiger partial charge in [-0.2, -0.15) is 0 Å². The maximum atomic E-state index is 12.7. The van der Waals surface area contributed by atoms with Crippen LogP contribution in [0, 0.1) is 0 Å². The Morgan fingerprint density at radius 1 is 1.19 bits per heavy atom. The van der Waals surface area contributed by atoms with Gasteiger partial charge in [0.2, 0.25) is 5.91 Å². The number of thiophene rings is 1. The molecule has 2 atom stereocenters. The highest BCUT2D eigenvalue weighted by Gasteiger charge is 2.30. The maximum Gasteiger partial charge on any atom is 0.335 e. The molecule has 0 spiro atoms. The van der Waals surface area contributed by atoms with Gasteiger partial charge in [-0.15, -0.1) is 11.3 Å². The molecule has 1 heterocycles. The molecule has 3 aromatic rings. The van der Waals surface area contributed by atoms with Crippen LogP contribution in [0.25, 0.3) is 10.4 Å². The molecule has 162 valence electrons. The van der Waals surface area contributed by atoms with Crippen LogP contribution in [0.1, 0.15) is 28.5 Å². The summed E-state index contributed by atoms with van der Waals surface area (Å²) in [6.45, 7) is 0.845. The molecule has 1 aromatic heterocycles. The molecule has 3 rings (SSSR count). The summed E-state index contributed by atoms with van der Waals surface area (Å²) in [5, 5.41) is 4.77. The molecule has 0 fully saturated rings. The number of benzene rings is 2. The summed E-state index contributed by atoms with van der Waals surface area (Å²) in [7, 11) is -4.11. The van der Waals surface area contributed by atoms with Crippen LogP contribution < -0.4 is 16.8 Å². The van der Waals surface area contributed by atoms with Gasteiger partial charge in [-0.3, -0.25) is 18.7 Å². The van der Waals surface area contributed by atoms with Gasteiger partial charge < -0.3 is 21.7 Å². The molecule has 0 aliphatic rings.